The molecule has 0 bridgehead atoms. The van der Waals surface area contributed by atoms with Gasteiger partial charge in [0.05, 0.1) is 16.8 Å². The summed E-state index contributed by atoms with van der Waals surface area (Å²) in [6.07, 6.45) is 0. The molecule has 0 aliphatic rings. The number of pyridine rings is 1. The van der Waals surface area contributed by atoms with Gasteiger partial charge in [0.25, 0.3) is 5.91 Å². The number of nitrogens with zero attached hydrogens (tertiary/aromatic N) is 2. The molecular formula is C20H20N4O3. The van der Waals surface area contributed by atoms with E-state index >= 15 is 0 Å². The molecule has 0 fully saturated rings. The second kappa shape index (κ2) is 8.29. The molecule has 0 spiro atoms. The number of guanidine groups is 1. The topological polar surface area (TPSA) is 113 Å². The Labute approximate surface area is 156 Å². The van der Waals surface area contributed by atoms with E-state index in [1.54, 1.807) is 6.07 Å². The molecule has 0 radical (unpaired) electrons. The van der Waals surface area contributed by atoms with Crippen LogP contribution in [0.25, 0.3) is 22.2 Å². The SMILES string of the molecule is CCOCOc1cccc(-c2cc(C(=O)N=C(N)N)c3ccccc3n2)c1. The number of fused-ring (bicyclic) bond motifs is 1. The molecule has 0 aliphatic heterocycles. The van der Waals surface area contributed by atoms with E-state index in [4.69, 9.17) is 20.9 Å². The molecule has 7 heteroatoms. The first kappa shape index (κ1) is 18.3. The standard InChI is InChI=1S/C20H20N4O3/c1-2-26-12-27-14-7-5-6-13(10-14)18-11-16(19(25)24-20(21)22)15-8-3-4-9-17(15)23-18/h3-11H,2,12H2,1H3,(H4,21,22,24,25). The van der Waals surface area contributed by atoms with Crippen LogP contribution in [0.5, 0.6) is 5.75 Å². The molecule has 3 aromatic rings. The Morgan fingerprint density at radius 3 is 2.70 bits per heavy atom. The predicted octanol–water partition coefficient (Wildman–Crippen LogP) is 2.69. The highest BCUT2D eigenvalue weighted by atomic mass is 16.7. The summed E-state index contributed by atoms with van der Waals surface area (Å²) in [6, 6.07) is 16.4. The summed E-state index contributed by atoms with van der Waals surface area (Å²) < 4.78 is 10.8. The number of carbonyl (C=O) groups is 1. The first-order chi connectivity index (χ1) is 13.1. The molecule has 3 rings (SSSR count). The Balaban J connectivity index is 2.06. The number of carbonyl (C=O) groups excluding carboxylic acids is 1. The molecule has 2 aromatic carbocycles. The number of rotatable bonds is 6. The van der Waals surface area contributed by atoms with Crippen molar-refractivity contribution in [1.29, 1.82) is 0 Å². The zero-order valence-electron chi connectivity index (χ0n) is 14.9. The molecule has 0 unspecified atom stereocenters. The number of hydrogen-bond acceptors (Lipinski definition) is 4. The van der Waals surface area contributed by atoms with Crippen LogP contribution in [0.1, 0.15) is 17.3 Å². The van der Waals surface area contributed by atoms with Gasteiger partial charge in [-0.25, -0.2) is 4.98 Å². The minimum absolute atomic E-state index is 0.166. The van der Waals surface area contributed by atoms with Crippen molar-refractivity contribution in [2.75, 3.05) is 13.4 Å². The number of amides is 1. The van der Waals surface area contributed by atoms with Crippen LogP contribution < -0.4 is 16.2 Å². The van der Waals surface area contributed by atoms with E-state index < -0.39 is 5.91 Å². The molecule has 1 heterocycles. The lowest BCUT2D eigenvalue weighted by molar-refractivity contribution is 0.0224. The summed E-state index contributed by atoms with van der Waals surface area (Å²) in [5.74, 6) is -0.152. The summed E-state index contributed by atoms with van der Waals surface area (Å²) in [7, 11) is 0. The summed E-state index contributed by atoms with van der Waals surface area (Å²) in [6.45, 7) is 2.63. The minimum Gasteiger partial charge on any atom is -0.468 e. The van der Waals surface area contributed by atoms with Crippen LogP contribution in [-0.2, 0) is 4.74 Å². The van der Waals surface area contributed by atoms with E-state index in [-0.39, 0.29) is 12.8 Å². The van der Waals surface area contributed by atoms with E-state index in [1.807, 2.05) is 55.5 Å². The summed E-state index contributed by atoms with van der Waals surface area (Å²) in [5, 5.41) is 0.681. The summed E-state index contributed by atoms with van der Waals surface area (Å²) in [5.41, 5.74) is 13.2. The van der Waals surface area contributed by atoms with Crippen molar-refractivity contribution in [3.63, 3.8) is 0 Å². The van der Waals surface area contributed by atoms with Crippen LogP contribution in [0, 0.1) is 0 Å². The monoisotopic (exact) mass is 364 g/mol. The van der Waals surface area contributed by atoms with Gasteiger partial charge >= 0.3 is 0 Å². The van der Waals surface area contributed by atoms with E-state index in [0.717, 1.165) is 5.56 Å². The average Bonchev–Trinajstić information content (AvgIpc) is 2.67. The van der Waals surface area contributed by atoms with E-state index in [9.17, 15) is 4.79 Å². The van der Waals surface area contributed by atoms with Crippen molar-refractivity contribution in [2.45, 2.75) is 6.92 Å². The number of ether oxygens (including phenoxy) is 2. The van der Waals surface area contributed by atoms with Gasteiger partial charge in [-0.3, -0.25) is 4.79 Å². The van der Waals surface area contributed by atoms with Crippen LogP contribution in [0.3, 0.4) is 0 Å². The van der Waals surface area contributed by atoms with Crippen molar-refractivity contribution < 1.29 is 14.3 Å². The fraction of sp³-hybridized carbons (Fsp3) is 0.150. The van der Waals surface area contributed by atoms with Gasteiger partial charge in [-0.2, -0.15) is 4.99 Å². The normalized spacial score (nSPS) is 10.6. The number of aromatic nitrogens is 1. The zero-order chi connectivity index (χ0) is 19.2. The number of hydrogen-bond donors (Lipinski definition) is 2. The Hall–Kier alpha value is -3.45. The minimum atomic E-state index is -0.515. The Morgan fingerprint density at radius 1 is 1.11 bits per heavy atom. The largest absolute Gasteiger partial charge is 0.468 e. The van der Waals surface area contributed by atoms with Gasteiger partial charge in [-0.15, -0.1) is 0 Å². The van der Waals surface area contributed by atoms with Crippen molar-refractivity contribution >= 4 is 22.8 Å². The highest BCUT2D eigenvalue weighted by molar-refractivity contribution is 6.10. The summed E-state index contributed by atoms with van der Waals surface area (Å²) >= 11 is 0. The first-order valence-corrected chi connectivity index (χ1v) is 8.43. The van der Waals surface area contributed by atoms with Gasteiger partial charge < -0.3 is 20.9 Å². The van der Waals surface area contributed by atoms with Crippen molar-refractivity contribution in [2.24, 2.45) is 16.5 Å². The number of aliphatic imine (C=N–C) groups is 1. The van der Waals surface area contributed by atoms with Crippen LogP contribution in [0.2, 0.25) is 0 Å². The molecule has 4 N–H and O–H groups in total. The predicted molar refractivity (Wildman–Crippen MR) is 104 cm³/mol. The fourth-order valence-corrected chi connectivity index (χ4v) is 2.62. The van der Waals surface area contributed by atoms with Gasteiger partial charge in [0.15, 0.2) is 12.8 Å². The van der Waals surface area contributed by atoms with Crippen LogP contribution in [-0.4, -0.2) is 30.3 Å². The van der Waals surface area contributed by atoms with Crippen LogP contribution >= 0.6 is 0 Å². The second-order valence-electron chi connectivity index (χ2n) is 5.70. The lowest BCUT2D eigenvalue weighted by Crippen LogP contribution is -2.24. The van der Waals surface area contributed by atoms with Gasteiger partial charge in [-0.1, -0.05) is 30.3 Å². The first-order valence-electron chi connectivity index (χ1n) is 8.43. The molecule has 0 atom stereocenters. The third-order valence-corrected chi connectivity index (χ3v) is 3.82. The van der Waals surface area contributed by atoms with Crippen molar-refractivity contribution in [3.05, 3.63) is 60.2 Å². The smallest absolute Gasteiger partial charge is 0.280 e. The molecule has 0 saturated carbocycles. The van der Waals surface area contributed by atoms with E-state index in [0.29, 0.717) is 34.5 Å². The molecule has 27 heavy (non-hydrogen) atoms. The Bertz CT molecular complexity index is 997. The lowest BCUT2D eigenvalue weighted by Gasteiger charge is -2.10. The third kappa shape index (κ3) is 4.39. The molecule has 0 aliphatic carbocycles. The van der Waals surface area contributed by atoms with Gasteiger partial charge in [-0.05, 0) is 31.2 Å². The quantitative estimate of drug-likeness (QED) is 0.301. The van der Waals surface area contributed by atoms with Crippen LogP contribution in [0.4, 0.5) is 0 Å². The molecule has 7 nitrogen and oxygen atoms in total. The van der Waals surface area contributed by atoms with Gasteiger partial charge in [0, 0.05) is 17.6 Å². The molecular weight excluding hydrogens is 344 g/mol. The van der Waals surface area contributed by atoms with Crippen LogP contribution in [0.15, 0.2) is 59.6 Å². The highest BCUT2D eigenvalue weighted by Gasteiger charge is 2.14. The molecule has 1 aromatic heterocycles. The highest BCUT2D eigenvalue weighted by Crippen LogP contribution is 2.27. The number of nitrogens with two attached hydrogens (primary N) is 2. The maximum absolute atomic E-state index is 12.5. The average molecular weight is 364 g/mol. The molecule has 0 saturated heterocycles. The summed E-state index contributed by atoms with van der Waals surface area (Å²) in [4.78, 5) is 20.8. The molecule has 138 valence electrons. The van der Waals surface area contributed by atoms with Gasteiger partial charge in [0.2, 0.25) is 0 Å². The maximum atomic E-state index is 12.5. The lowest BCUT2D eigenvalue weighted by atomic mass is 10.0. The number of benzene rings is 2. The van der Waals surface area contributed by atoms with Crippen molar-refractivity contribution in [3.8, 4) is 17.0 Å². The number of para-hydroxylation sites is 1. The van der Waals surface area contributed by atoms with Gasteiger partial charge in [0.1, 0.15) is 5.75 Å². The third-order valence-electron chi connectivity index (χ3n) is 3.82. The molecule has 1 amide bonds. The Morgan fingerprint density at radius 2 is 1.93 bits per heavy atom. The van der Waals surface area contributed by atoms with E-state index in [1.165, 1.54) is 0 Å². The fourth-order valence-electron chi connectivity index (χ4n) is 2.62. The second-order valence-corrected chi connectivity index (χ2v) is 5.70. The van der Waals surface area contributed by atoms with E-state index in [2.05, 4.69) is 9.98 Å². The maximum Gasteiger partial charge on any atom is 0.280 e. The zero-order valence-corrected chi connectivity index (χ0v) is 14.9. The van der Waals surface area contributed by atoms with Crippen molar-refractivity contribution in [1.82, 2.24) is 4.98 Å². The Kier molecular flexibility index (Phi) is 5.63.